The zero-order valence-electron chi connectivity index (χ0n) is 12.2. The van der Waals surface area contributed by atoms with Gasteiger partial charge in [0.15, 0.2) is 0 Å². The predicted molar refractivity (Wildman–Crippen MR) is 81.5 cm³/mol. The topological polar surface area (TPSA) is 51.3 Å². The predicted octanol–water partition coefficient (Wildman–Crippen LogP) is 2.99. The molecule has 0 atom stereocenters. The number of H-pyrrole nitrogens is 1. The second-order valence-corrected chi connectivity index (χ2v) is 5.45. The second kappa shape index (κ2) is 6.75. The van der Waals surface area contributed by atoms with Crippen LogP contribution in [0.5, 0.6) is 5.75 Å². The van der Waals surface area contributed by atoms with Crippen LogP contribution in [-0.4, -0.2) is 24.8 Å². The molecule has 1 aliphatic rings. The van der Waals surface area contributed by atoms with Gasteiger partial charge in [-0.1, -0.05) is 0 Å². The van der Waals surface area contributed by atoms with Crippen molar-refractivity contribution in [3.05, 3.63) is 52.7 Å². The van der Waals surface area contributed by atoms with Crippen LogP contribution in [0.25, 0.3) is 11.1 Å². The van der Waals surface area contributed by atoms with E-state index in [4.69, 9.17) is 9.47 Å². The first-order valence-corrected chi connectivity index (χ1v) is 7.41. The summed E-state index contributed by atoms with van der Waals surface area (Å²) in [6.07, 6.45) is 3.53. The molecule has 0 aliphatic carbocycles. The molecular weight excluding hydrogens is 285 g/mol. The fourth-order valence-electron chi connectivity index (χ4n) is 2.55. The summed E-state index contributed by atoms with van der Waals surface area (Å²) in [5, 5.41) is 0. The molecule has 22 heavy (non-hydrogen) atoms. The molecule has 1 saturated heterocycles. The van der Waals surface area contributed by atoms with Crippen molar-refractivity contribution in [1.29, 1.82) is 0 Å². The lowest BCUT2D eigenvalue weighted by atomic mass is 10.0. The number of ether oxygens (including phenoxy) is 2. The minimum atomic E-state index is -0.334. The highest BCUT2D eigenvalue weighted by Crippen LogP contribution is 2.31. The van der Waals surface area contributed by atoms with Gasteiger partial charge in [0.05, 0.1) is 6.61 Å². The Kier molecular flexibility index (Phi) is 4.53. The fourth-order valence-corrected chi connectivity index (χ4v) is 2.55. The Morgan fingerprint density at radius 2 is 2.05 bits per heavy atom. The average molecular weight is 303 g/mol. The molecule has 0 amide bonds. The van der Waals surface area contributed by atoms with E-state index in [2.05, 4.69) is 4.98 Å². The minimum absolute atomic E-state index is 0.190. The maximum absolute atomic E-state index is 13.6. The molecule has 2 heterocycles. The standard InChI is InChI=1S/C17H18FNO3/c18-14-2-3-16(22-11-12-5-7-21-8-6-12)15(9-14)13-1-4-17(20)19-10-13/h1-4,9-10,12H,5-8,11H2,(H,19,20). The number of hydrogen-bond acceptors (Lipinski definition) is 3. The highest BCUT2D eigenvalue weighted by Gasteiger charge is 2.16. The monoisotopic (exact) mass is 303 g/mol. The first-order valence-electron chi connectivity index (χ1n) is 7.41. The first-order chi connectivity index (χ1) is 10.7. The molecule has 1 aromatic carbocycles. The molecule has 2 aromatic rings. The Hall–Kier alpha value is -2.14. The number of pyridine rings is 1. The summed E-state index contributed by atoms with van der Waals surface area (Å²) in [5.41, 5.74) is 1.18. The smallest absolute Gasteiger partial charge is 0.247 e. The molecule has 3 rings (SSSR count). The van der Waals surface area contributed by atoms with E-state index in [1.54, 1.807) is 18.3 Å². The molecule has 4 nitrogen and oxygen atoms in total. The third-order valence-electron chi connectivity index (χ3n) is 3.85. The number of rotatable bonds is 4. The Balaban J connectivity index is 1.81. The van der Waals surface area contributed by atoms with Crippen LogP contribution in [0.3, 0.4) is 0 Å². The molecule has 5 heteroatoms. The van der Waals surface area contributed by atoms with Crippen molar-refractivity contribution in [2.24, 2.45) is 5.92 Å². The van der Waals surface area contributed by atoms with E-state index in [-0.39, 0.29) is 11.4 Å². The van der Waals surface area contributed by atoms with E-state index >= 15 is 0 Å². The van der Waals surface area contributed by atoms with Crippen LogP contribution >= 0.6 is 0 Å². The number of benzene rings is 1. The molecule has 0 spiro atoms. The van der Waals surface area contributed by atoms with E-state index in [9.17, 15) is 9.18 Å². The summed E-state index contributed by atoms with van der Waals surface area (Å²) in [6.45, 7) is 2.12. The van der Waals surface area contributed by atoms with Gasteiger partial charge in [-0.15, -0.1) is 0 Å². The molecule has 116 valence electrons. The van der Waals surface area contributed by atoms with Gasteiger partial charge in [-0.2, -0.15) is 0 Å². The highest BCUT2D eigenvalue weighted by atomic mass is 19.1. The van der Waals surface area contributed by atoms with E-state index in [0.717, 1.165) is 31.6 Å². The quantitative estimate of drug-likeness (QED) is 0.944. The van der Waals surface area contributed by atoms with E-state index in [1.165, 1.54) is 18.2 Å². The van der Waals surface area contributed by atoms with Crippen LogP contribution in [0.1, 0.15) is 12.8 Å². The van der Waals surface area contributed by atoms with Gasteiger partial charge in [0.1, 0.15) is 11.6 Å². The van der Waals surface area contributed by atoms with Crippen molar-refractivity contribution < 1.29 is 13.9 Å². The molecule has 0 radical (unpaired) electrons. The highest BCUT2D eigenvalue weighted by molar-refractivity contribution is 5.69. The van der Waals surface area contributed by atoms with Gasteiger partial charge in [-0.25, -0.2) is 4.39 Å². The minimum Gasteiger partial charge on any atom is -0.493 e. The number of nitrogens with one attached hydrogen (secondary N) is 1. The molecule has 1 aromatic heterocycles. The van der Waals surface area contributed by atoms with Crippen molar-refractivity contribution in [3.8, 4) is 16.9 Å². The van der Waals surface area contributed by atoms with E-state index < -0.39 is 0 Å². The zero-order valence-corrected chi connectivity index (χ0v) is 12.2. The maximum atomic E-state index is 13.6. The van der Waals surface area contributed by atoms with E-state index in [1.807, 2.05) is 0 Å². The lowest BCUT2D eigenvalue weighted by molar-refractivity contribution is 0.0498. The van der Waals surface area contributed by atoms with Gasteiger partial charge in [0.25, 0.3) is 0 Å². The van der Waals surface area contributed by atoms with Crippen molar-refractivity contribution in [2.75, 3.05) is 19.8 Å². The van der Waals surface area contributed by atoms with Crippen LogP contribution < -0.4 is 10.3 Å². The van der Waals surface area contributed by atoms with Gasteiger partial charge >= 0.3 is 0 Å². The second-order valence-electron chi connectivity index (χ2n) is 5.45. The van der Waals surface area contributed by atoms with Crippen molar-refractivity contribution in [3.63, 3.8) is 0 Å². The summed E-state index contributed by atoms with van der Waals surface area (Å²) in [4.78, 5) is 13.8. The Morgan fingerprint density at radius 1 is 1.23 bits per heavy atom. The molecule has 1 fully saturated rings. The number of aromatic nitrogens is 1. The van der Waals surface area contributed by atoms with Crippen molar-refractivity contribution >= 4 is 0 Å². The maximum Gasteiger partial charge on any atom is 0.247 e. The van der Waals surface area contributed by atoms with E-state index in [0.29, 0.717) is 23.8 Å². The Morgan fingerprint density at radius 3 is 2.77 bits per heavy atom. The van der Waals surface area contributed by atoms with Crippen molar-refractivity contribution in [1.82, 2.24) is 4.98 Å². The molecular formula is C17H18FNO3. The van der Waals surface area contributed by atoms with Gasteiger partial charge in [-0.05, 0) is 43.0 Å². The number of halogens is 1. The first kappa shape index (κ1) is 14.8. The lowest BCUT2D eigenvalue weighted by Crippen LogP contribution is -2.21. The Bertz CT molecular complexity index is 672. The molecule has 0 saturated carbocycles. The molecule has 0 bridgehead atoms. The SMILES string of the molecule is O=c1ccc(-c2cc(F)ccc2OCC2CCOCC2)c[nH]1. The summed E-state index contributed by atoms with van der Waals surface area (Å²) in [5.74, 6) is 0.752. The van der Waals surface area contributed by atoms with Gasteiger partial charge in [-0.3, -0.25) is 4.79 Å². The lowest BCUT2D eigenvalue weighted by Gasteiger charge is -2.22. The van der Waals surface area contributed by atoms with Crippen LogP contribution in [-0.2, 0) is 4.74 Å². The van der Waals surface area contributed by atoms with Crippen LogP contribution in [0.4, 0.5) is 4.39 Å². The third-order valence-corrected chi connectivity index (χ3v) is 3.85. The normalized spacial score (nSPS) is 15.7. The molecule has 1 aliphatic heterocycles. The number of aromatic amines is 1. The number of hydrogen-bond donors (Lipinski definition) is 1. The largest absolute Gasteiger partial charge is 0.493 e. The third kappa shape index (κ3) is 3.54. The van der Waals surface area contributed by atoms with Gasteiger partial charge in [0, 0.05) is 36.6 Å². The van der Waals surface area contributed by atoms with Crippen LogP contribution in [0.2, 0.25) is 0 Å². The fraction of sp³-hybridized carbons (Fsp3) is 0.353. The zero-order chi connectivity index (χ0) is 15.4. The summed E-state index contributed by atoms with van der Waals surface area (Å²) in [6, 6.07) is 7.52. The van der Waals surface area contributed by atoms with Crippen LogP contribution in [0, 0.1) is 11.7 Å². The summed E-state index contributed by atoms with van der Waals surface area (Å²) >= 11 is 0. The molecule has 0 unspecified atom stereocenters. The summed E-state index contributed by atoms with van der Waals surface area (Å²) < 4.78 is 24.8. The average Bonchev–Trinajstić information content (AvgIpc) is 2.55. The van der Waals surface area contributed by atoms with Gasteiger partial charge < -0.3 is 14.5 Å². The molecule has 1 N–H and O–H groups in total. The van der Waals surface area contributed by atoms with Crippen molar-refractivity contribution in [2.45, 2.75) is 12.8 Å². The van der Waals surface area contributed by atoms with Gasteiger partial charge in [0.2, 0.25) is 5.56 Å². The Labute approximate surface area is 127 Å². The van der Waals surface area contributed by atoms with Crippen LogP contribution in [0.15, 0.2) is 41.3 Å². The summed E-state index contributed by atoms with van der Waals surface area (Å²) in [7, 11) is 0.